The molecule has 0 heterocycles. The third kappa shape index (κ3) is 3.04. The Morgan fingerprint density at radius 3 is 1.92 bits per heavy atom. The van der Waals surface area contributed by atoms with Gasteiger partial charge in [0.2, 0.25) is 0 Å². The summed E-state index contributed by atoms with van der Waals surface area (Å²) in [5, 5.41) is 35.9. The Balaban J connectivity index is 4.05. The number of aliphatic hydroxyl groups is 4. The largest absolute Gasteiger partial charge is 0.394 e. The van der Waals surface area contributed by atoms with E-state index in [0.717, 1.165) is 0 Å². The predicted molar refractivity (Wildman–Crippen MR) is 41.6 cm³/mol. The summed E-state index contributed by atoms with van der Waals surface area (Å²) in [6.07, 6.45) is -4.50. The smallest absolute Gasteiger partial charge is 0.111 e. The topological polar surface area (TPSA) is 90.2 Å². The highest BCUT2D eigenvalue weighted by molar-refractivity contribution is 4.79. The van der Waals surface area contributed by atoms with Crippen molar-refractivity contribution in [1.29, 1.82) is 0 Å². The van der Waals surface area contributed by atoms with E-state index in [1.54, 1.807) is 0 Å². The van der Waals surface area contributed by atoms with Crippen molar-refractivity contribution in [3.05, 3.63) is 0 Å². The van der Waals surface area contributed by atoms with Gasteiger partial charge in [0.25, 0.3) is 0 Å². The van der Waals surface area contributed by atoms with E-state index < -0.39 is 31.0 Å². The molecule has 4 N–H and O–H groups in total. The average molecular weight is 180 g/mol. The van der Waals surface area contributed by atoms with Gasteiger partial charge in [-0.05, 0) is 6.92 Å². The highest BCUT2D eigenvalue weighted by Gasteiger charge is 2.28. The first-order valence-electron chi connectivity index (χ1n) is 3.72. The number of aliphatic hydroxyl groups excluding tert-OH is 4. The molecule has 0 spiro atoms. The molecule has 0 aromatic carbocycles. The molecular formula is C7H16O5. The molecule has 0 bridgehead atoms. The molecule has 0 radical (unpaired) electrons. The second kappa shape index (κ2) is 5.45. The monoisotopic (exact) mass is 180 g/mol. The molecule has 0 rings (SSSR count). The Bertz CT molecular complexity index is 110. The van der Waals surface area contributed by atoms with Crippen molar-refractivity contribution in [1.82, 2.24) is 0 Å². The van der Waals surface area contributed by atoms with Crippen LogP contribution >= 0.6 is 0 Å². The van der Waals surface area contributed by atoms with E-state index in [1.807, 2.05) is 0 Å². The third-order valence-corrected chi connectivity index (χ3v) is 1.71. The van der Waals surface area contributed by atoms with Gasteiger partial charge >= 0.3 is 0 Å². The first-order valence-corrected chi connectivity index (χ1v) is 3.72. The number of methoxy groups -OCH3 is 1. The lowest BCUT2D eigenvalue weighted by Crippen LogP contribution is -2.45. The first-order chi connectivity index (χ1) is 5.54. The van der Waals surface area contributed by atoms with Crippen LogP contribution in [0.15, 0.2) is 0 Å². The standard InChI is InChI=1S/C7H16O5/c1-4(9)6(10)7(11)5(3-8)12-2/h4-11H,3H2,1-2H3/t4-,5?,6?,7?/m0/s1. The van der Waals surface area contributed by atoms with E-state index in [1.165, 1.54) is 14.0 Å². The molecule has 0 saturated carbocycles. The Hall–Kier alpha value is -0.200. The lowest BCUT2D eigenvalue weighted by Gasteiger charge is -2.25. The molecule has 0 aliphatic carbocycles. The van der Waals surface area contributed by atoms with E-state index in [4.69, 9.17) is 15.3 Å². The van der Waals surface area contributed by atoms with Crippen LogP contribution in [0.25, 0.3) is 0 Å². The van der Waals surface area contributed by atoms with Crippen LogP contribution < -0.4 is 0 Å². The molecule has 5 heteroatoms. The van der Waals surface area contributed by atoms with Crippen LogP contribution in [0, 0.1) is 0 Å². The molecule has 12 heavy (non-hydrogen) atoms. The Kier molecular flexibility index (Phi) is 5.36. The van der Waals surface area contributed by atoms with Gasteiger partial charge in [0.1, 0.15) is 18.3 Å². The summed E-state index contributed by atoms with van der Waals surface area (Å²) in [4.78, 5) is 0. The van der Waals surface area contributed by atoms with Gasteiger partial charge in [-0.15, -0.1) is 0 Å². The van der Waals surface area contributed by atoms with Gasteiger partial charge in [0.15, 0.2) is 0 Å². The molecule has 0 aliphatic rings. The molecule has 0 saturated heterocycles. The normalized spacial score (nSPS) is 21.5. The Morgan fingerprint density at radius 2 is 1.67 bits per heavy atom. The fourth-order valence-corrected chi connectivity index (χ4v) is 0.827. The number of hydrogen-bond donors (Lipinski definition) is 4. The fourth-order valence-electron chi connectivity index (χ4n) is 0.827. The summed E-state index contributed by atoms with van der Waals surface area (Å²) in [6.45, 7) is 0.944. The maximum Gasteiger partial charge on any atom is 0.111 e. The first kappa shape index (κ1) is 11.8. The van der Waals surface area contributed by atoms with Crippen LogP contribution in [0.3, 0.4) is 0 Å². The molecule has 0 aliphatic heterocycles. The zero-order valence-electron chi connectivity index (χ0n) is 7.21. The summed E-state index contributed by atoms with van der Waals surface area (Å²) in [5.41, 5.74) is 0. The Morgan fingerprint density at radius 1 is 1.17 bits per heavy atom. The Labute approximate surface area is 71.2 Å². The van der Waals surface area contributed by atoms with Crippen molar-refractivity contribution in [3.8, 4) is 0 Å². The van der Waals surface area contributed by atoms with Crippen molar-refractivity contribution in [2.24, 2.45) is 0 Å². The van der Waals surface area contributed by atoms with E-state index in [2.05, 4.69) is 4.74 Å². The summed E-state index contributed by atoms with van der Waals surface area (Å²) in [6, 6.07) is 0. The SMILES string of the molecule is COC(CO)C(O)C(O)[C@H](C)O. The van der Waals surface area contributed by atoms with Crippen LogP contribution in [-0.2, 0) is 4.74 Å². The van der Waals surface area contributed by atoms with Crippen molar-refractivity contribution < 1.29 is 25.2 Å². The molecule has 4 atom stereocenters. The molecule has 0 aromatic heterocycles. The number of ether oxygens (including phenoxy) is 1. The zero-order valence-corrected chi connectivity index (χ0v) is 7.21. The van der Waals surface area contributed by atoms with Crippen molar-refractivity contribution in [2.45, 2.75) is 31.3 Å². The molecule has 74 valence electrons. The van der Waals surface area contributed by atoms with Gasteiger partial charge in [-0.3, -0.25) is 0 Å². The summed E-state index contributed by atoms with van der Waals surface area (Å²) >= 11 is 0. The van der Waals surface area contributed by atoms with Crippen LogP contribution in [0.4, 0.5) is 0 Å². The van der Waals surface area contributed by atoms with E-state index in [0.29, 0.717) is 0 Å². The third-order valence-electron chi connectivity index (χ3n) is 1.71. The van der Waals surface area contributed by atoms with Crippen molar-refractivity contribution >= 4 is 0 Å². The highest BCUT2D eigenvalue weighted by Crippen LogP contribution is 2.06. The van der Waals surface area contributed by atoms with Crippen LogP contribution in [0.5, 0.6) is 0 Å². The van der Waals surface area contributed by atoms with Gasteiger partial charge in [-0.1, -0.05) is 0 Å². The molecule has 3 unspecified atom stereocenters. The second-order valence-electron chi connectivity index (χ2n) is 2.68. The predicted octanol–water partition coefficient (Wildman–Crippen LogP) is -1.90. The van der Waals surface area contributed by atoms with E-state index in [9.17, 15) is 5.11 Å². The number of hydrogen-bond acceptors (Lipinski definition) is 5. The quantitative estimate of drug-likeness (QED) is 0.396. The molecule has 5 nitrogen and oxygen atoms in total. The second-order valence-corrected chi connectivity index (χ2v) is 2.68. The van der Waals surface area contributed by atoms with Crippen LogP contribution in [0.2, 0.25) is 0 Å². The molecule has 0 aromatic rings. The van der Waals surface area contributed by atoms with Crippen LogP contribution in [-0.4, -0.2) is 58.6 Å². The van der Waals surface area contributed by atoms with Crippen LogP contribution in [0.1, 0.15) is 6.92 Å². The van der Waals surface area contributed by atoms with E-state index >= 15 is 0 Å². The summed E-state index contributed by atoms with van der Waals surface area (Å²) < 4.78 is 4.66. The summed E-state index contributed by atoms with van der Waals surface area (Å²) in [7, 11) is 1.30. The summed E-state index contributed by atoms with van der Waals surface area (Å²) in [5.74, 6) is 0. The van der Waals surface area contributed by atoms with Gasteiger partial charge in [-0.25, -0.2) is 0 Å². The van der Waals surface area contributed by atoms with Gasteiger partial charge in [0.05, 0.1) is 12.7 Å². The lowest BCUT2D eigenvalue weighted by molar-refractivity contribution is -0.121. The minimum atomic E-state index is -1.30. The van der Waals surface area contributed by atoms with Gasteiger partial charge in [-0.2, -0.15) is 0 Å². The maximum atomic E-state index is 9.25. The van der Waals surface area contributed by atoms with Gasteiger partial charge < -0.3 is 25.2 Å². The van der Waals surface area contributed by atoms with E-state index in [-0.39, 0.29) is 0 Å². The lowest BCUT2D eigenvalue weighted by atomic mass is 10.0. The fraction of sp³-hybridized carbons (Fsp3) is 1.00. The zero-order chi connectivity index (χ0) is 9.72. The van der Waals surface area contributed by atoms with Crippen molar-refractivity contribution in [3.63, 3.8) is 0 Å². The highest BCUT2D eigenvalue weighted by atomic mass is 16.5. The minimum Gasteiger partial charge on any atom is -0.394 e. The minimum absolute atomic E-state index is 0.401. The molecular weight excluding hydrogens is 164 g/mol. The molecule has 0 amide bonds. The average Bonchev–Trinajstić information content (AvgIpc) is 2.05. The molecule has 0 fully saturated rings. The van der Waals surface area contributed by atoms with Crippen molar-refractivity contribution in [2.75, 3.05) is 13.7 Å². The number of rotatable bonds is 5. The maximum absolute atomic E-state index is 9.25. The van der Waals surface area contributed by atoms with Gasteiger partial charge in [0, 0.05) is 7.11 Å².